The number of aliphatic imine (C=N–C) groups is 1. The van der Waals surface area contributed by atoms with E-state index in [2.05, 4.69) is 20.1 Å². The van der Waals surface area contributed by atoms with Crippen molar-refractivity contribution in [2.75, 3.05) is 13.7 Å². The van der Waals surface area contributed by atoms with Crippen molar-refractivity contribution in [3.63, 3.8) is 0 Å². The van der Waals surface area contributed by atoms with E-state index in [0.717, 1.165) is 12.8 Å². The standard InChI is InChI=1S/C24H24FN7O3/c1-31-22(33)18-10-20(14-2-3-14)34-11-24(18,30-23(31)26)17-8-15(4-5-19(17)25)35-16-6-7-28-21(9-16)32-13-27-12-29-32/h4-9,12-14,18,20H,2-3,10-11H2,1H3,(H2,26,30)/t18-,20+,24+/m0/s1. The van der Waals surface area contributed by atoms with E-state index in [1.165, 1.54) is 34.4 Å². The van der Waals surface area contributed by atoms with Gasteiger partial charge in [0.2, 0.25) is 5.91 Å². The van der Waals surface area contributed by atoms with Crippen LogP contribution in [0, 0.1) is 17.7 Å². The van der Waals surface area contributed by atoms with E-state index >= 15 is 4.39 Å². The molecule has 2 aromatic heterocycles. The lowest BCUT2D eigenvalue weighted by Crippen LogP contribution is -2.60. The van der Waals surface area contributed by atoms with Gasteiger partial charge in [0.1, 0.15) is 35.5 Å². The molecule has 10 nitrogen and oxygen atoms in total. The van der Waals surface area contributed by atoms with Crippen molar-refractivity contribution in [1.29, 1.82) is 0 Å². The van der Waals surface area contributed by atoms with E-state index < -0.39 is 17.3 Å². The zero-order valence-corrected chi connectivity index (χ0v) is 19.0. The monoisotopic (exact) mass is 477 g/mol. The molecular weight excluding hydrogens is 453 g/mol. The van der Waals surface area contributed by atoms with Crippen molar-refractivity contribution in [2.45, 2.75) is 30.9 Å². The number of hydrogen-bond donors (Lipinski definition) is 1. The Hall–Kier alpha value is -3.86. The highest BCUT2D eigenvalue weighted by atomic mass is 19.1. The number of aromatic nitrogens is 4. The molecule has 3 atom stereocenters. The van der Waals surface area contributed by atoms with Crippen LogP contribution in [0.3, 0.4) is 0 Å². The molecule has 1 aromatic carbocycles. The Balaban J connectivity index is 1.37. The third-order valence-electron chi connectivity index (χ3n) is 7.01. The summed E-state index contributed by atoms with van der Waals surface area (Å²) >= 11 is 0. The second kappa shape index (κ2) is 8.12. The number of amides is 1. The second-order valence-corrected chi connectivity index (χ2v) is 9.20. The fourth-order valence-corrected chi connectivity index (χ4v) is 4.94. The number of halogens is 1. The van der Waals surface area contributed by atoms with Gasteiger partial charge in [-0.1, -0.05) is 0 Å². The zero-order chi connectivity index (χ0) is 24.2. The first-order valence-electron chi connectivity index (χ1n) is 11.5. The number of fused-ring (bicyclic) bond motifs is 1. The first-order valence-corrected chi connectivity index (χ1v) is 11.5. The van der Waals surface area contributed by atoms with Gasteiger partial charge in [-0.25, -0.2) is 24.0 Å². The van der Waals surface area contributed by atoms with E-state index in [1.807, 2.05) is 0 Å². The molecule has 6 rings (SSSR count). The van der Waals surface area contributed by atoms with Gasteiger partial charge in [0.05, 0.1) is 18.6 Å². The Bertz CT molecular complexity index is 1310. The highest BCUT2D eigenvalue weighted by molar-refractivity contribution is 6.00. The van der Waals surface area contributed by atoms with Crippen LogP contribution in [0.2, 0.25) is 0 Å². The maximum absolute atomic E-state index is 15.4. The second-order valence-electron chi connectivity index (χ2n) is 9.20. The number of nitrogens with two attached hydrogens (primary N) is 1. The summed E-state index contributed by atoms with van der Waals surface area (Å²) in [5.74, 6) is 0.612. The lowest BCUT2D eigenvalue weighted by atomic mass is 9.72. The molecule has 0 radical (unpaired) electrons. The van der Waals surface area contributed by atoms with E-state index in [1.54, 1.807) is 31.4 Å². The molecule has 2 N–H and O–H groups in total. The lowest BCUT2D eigenvalue weighted by molar-refractivity contribution is -0.146. The number of carbonyl (C=O) groups is 1. The van der Waals surface area contributed by atoms with Crippen molar-refractivity contribution in [1.82, 2.24) is 24.6 Å². The van der Waals surface area contributed by atoms with Gasteiger partial charge in [-0.3, -0.25) is 9.69 Å². The van der Waals surface area contributed by atoms with Crippen LogP contribution in [0.5, 0.6) is 11.5 Å². The Kier molecular flexibility index (Phi) is 5.03. The SMILES string of the molecule is CN1C(=O)[C@@H]2C[C@H](C3CC3)OC[C@]2(c2cc(Oc3ccnc(-n4cncn4)c3)ccc2F)N=C1N. The maximum atomic E-state index is 15.4. The molecule has 1 saturated heterocycles. The van der Waals surface area contributed by atoms with E-state index in [-0.39, 0.29) is 30.1 Å². The van der Waals surface area contributed by atoms with Gasteiger partial charge in [0, 0.05) is 24.9 Å². The number of carbonyl (C=O) groups excluding carboxylic acids is 1. The first-order chi connectivity index (χ1) is 16.9. The molecule has 180 valence electrons. The third kappa shape index (κ3) is 3.72. The van der Waals surface area contributed by atoms with Crippen molar-refractivity contribution in [3.8, 4) is 17.3 Å². The average Bonchev–Trinajstić information content (AvgIpc) is 3.57. The topological polar surface area (TPSA) is 121 Å². The predicted molar refractivity (Wildman–Crippen MR) is 122 cm³/mol. The van der Waals surface area contributed by atoms with Crippen molar-refractivity contribution >= 4 is 11.9 Å². The molecule has 11 heteroatoms. The fraction of sp³-hybridized carbons (Fsp3) is 0.375. The number of hydrogen-bond acceptors (Lipinski definition) is 8. The molecule has 0 unspecified atom stereocenters. The normalized spacial score (nSPS) is 26.3. The number of benzene rings is 1. The van der Waals surface area contributed by atoms with Crippen molar-refractivity contribution < 1.29 is 18.7 Å². The molecule has 2 fully saturated rings. The molecular formula is C24H24FN7O3. The minimum Gasteiger partial charge on any atom is -0.457 e. The quantitative estimate of drug-likeness (QED) is 0.599. The summed E-state index contributed by atoms with van der Waals surface area (Å²) in [6, 6.07) is 7.80. The van der Waals surface area contributed by atoms with Crippen LogP contribution in [0.25, 0.3) is 5.82 Å². The molecule has 1 amide bonds. The fourth-order valence-electron chi connectivity index (χ4n) is 4.94. The van der Waals surface area contributed by atoms with E-state index in [4.69, 9.17) is 15.2 Å². The van der Waals surface area contributed by atoms with Crippen molar-refractivity contribution in [3.05, 3.63) is 60.6 Å². The van der Waals surface area contributed by atoms with Gasteiger partial charge in [-0.15, -0.1) is 0 Å². The Morgan fingerprint density at radius 1 is 1.23 bits per heavy atom. The summed E-state index contributed by atoms with van der Waals surface area (Å²) < 4.78 is 29.1. The summed E-state index contributed by atoms with van der Waals surface area (Å²) in [7, 11) is 1.60. The number of ether oxygens (including phenoxy) is 2. The van der Waals surface area contributed by atoms with E-state index in [0.29, 0.717) is 29.7 Å². The predicted octanol–water partition coefficient (Wildman–Crippen LogP) is 2.39. The minimum atomic E-state index is -1.26. The van der Waals surface area contributed by atoms with Gasteiger partial charge >= 0.3 is 0 Å². The molecule has 3 aliphatic rings. The van der Waals surface area contributed by atoms with Gasteiger partial charge < -0.3 is 15.2 Å². The maximum Gasteiger partial charge on any atom is 0.235 e. The van der Waals surface area contributed by atoms with Crippen LogP contribution in [-0.2, 0) is 15.1 Å². The average molecular weight is 478 g/mol. The highest BCUT2D eigenvalue weighted by Crippen LogP contribution is 2.50. The molecule has 1 saturated carbocycles. The van der Waals surface area contributed by atoms with Gasteiger partial charge in [-0.05, 0) is 49.4 Å². The first kappa shape index (κ1) is 21.7. The van der Waals surface area contributed by atoms with Crippen molar-refractivity contribution in [2.24, 2.45) is 22.6 Å². The smallest absolute Gasteiger partial charge is 0.235 e. The van der Waals surface area contributed by atoms with E-state index in [9.17, 15) is 4.79 Å². The van der Waals surface area contributed by atoms with Crippen LogP contribution in [0.4, 0.5) is 4.39 Å². The molecule has 3 aromatic rings. The number of rotatable bonds is 5. The molecule has 2 aliphatic heterocycles. The summed E-state index contributed by atoms with van der Waals surface area (Å²) in [6.07, 6.45) is 7.13. The zero-order valence-electron chi connectivity index (χ0n) is 19.0. The molecule has 35 heavy (non-hydrogen) atoms. The molecule has 0 spiro atoms. The minimum absolute atomic E-state index is 0.0329. The summed E-state index contributed by atoms with van der Waals surface area (Å²) in [6.45, 7) is 0.0746. The Labute approximate surface area is 200 Å². The summed E-state index contributed by atoms with van der Waals surface area (Å²) in [5, 5.41) is 4.07. The number of pyridine rings is 1. The summed E-state index contributed by atoms with van der Waals surface area (Å²) in [4.78, 5) is 27.5. The molecule has 1 aliphatic carbocycles. The van der Waals surface area contributed by atoms with Crippen LogP contribution in [0.1, 0.15) is 24.8 Å². The van der Waals surface area contributed by atoms with Gasteiger partial charge in [-0.2, -0.15) is 5.10 Å². The number of guanidine groups is 1. The van der Waals surface area contributed by atoms with Gasteiger partial charge in [0.15, 0.2) is 11.8 Å². The highest BCUT2D eigenvalue weighted by Gasteiger charge is 2.56. The largest absolute Gasteiger partial charge is 0.457 e. The van der Waals surface area contributed by atoms with Crippen LogP contribution in [0.15, 0.2) is 54.2 Å². The van der Waals surface area contributed by atoms with Gasteiger partial charge in [0.25, 0.3) is 0 Å². The third-order valence-corrected chi connectivity index (χ3v) is 7.01. The lowest BCUT2D eigenvalue weighted by Gasteiger charge is -2.47. The van der Waals surface area contributed by atoms with Crippen LogP contribution in [-0.4, -0.2) is 56.3 Å². The Morgan fingerprint density at radius 2 is 2.06 bits per heavy atom. The summed E-state index contributed by atoms with van der Waals surface area (Å²) in [5.41, 5.74) is 5.07. The Morgan fingerprint density at radius 3 is 2.83 bits per heavy atom. The van der Waals surface area contributed by atoms with Crippen LogP contribution < -0.4 is 10.5 Å². The molecule has 0 bridgehead atoms. The van der Waals surface area contributed by atoms with Crippen LogP contribution >= 0.6 is 0 Å². The number of nitrogens with zero attached hydrogens (tertiary/aromatic N) is 6. The molecule has 4 heterocycles.